The number of carbonyl (C=O) groups is 3. The molecule has 2 aromatic rings. The molecule has 0 N–H and O–H groups in total. The van der Waals surface area contributed by atoms with E-state index in [0.717, 1.165) is 11.8 Å². The second kappa shape index (κ2) is 9.07. The van der Waals surface area contributed by atoms with Crippen LogP contribution in [0.1, 0.15) is 60.7 Å². The number of rotatable bonds is 7. The minimum Gasteiger partial charge on any atom is -0.493 e. The fourth-order valence-electron chi connectivity index (χ4n) is 3.76. The molecule has 0 unspecified atom stereocenters. The lowest BCUT2D eigenvalue weighted by atomic mass is 9.88. The van der Waals surface area contributed by atoms with E-state index in [1.54, 1.807) is 24.3 Å². The van der Waals surface area contributed by atoms with E-state index in [1.807, 2.05) is 6.92 Å². The quantitative estimate of drug-likeness (QED) is 0.371. The highest BCUT2D eigenvalue weighted by molar-refractivity contribution is 5.78. The number of aldehydes is 1. The van der Waals surface area contributed by atoms with Gasteiger partial charge in [-0.1, -0.05) is 6.92 Å². The molecule has 0 saturated heterocycles. The van der Waals surface area contributed by atoms with Gasteiger partial charge in [0.2, 0.25) is 5.75 Å². The molecule has 0 aromatic heterocycles. The van der Waals surface area contributed by atoms with Gasteiger partial charge in [0, 0.05) is 36.5 Å². The summed E-state index contributed by atoms with van der Waals surface area (Å²) in [5, 5.41) is 0. The van der Waals surface area contributed by atoms with Gasteiger partial charge in [0.25, 0.3) is 0 Å². The highest BCUT2D eigenvalue weighted by atomic mass is 16.6. The molecule has 0 radical (unpaired) electrons. The summed E-state index contributed by atoms with van der Waals surface area (Å²) >= 11 is 0. The Morgan fingerprint density at radius 2 is 1.61 bits per heavy atom. The maximum atomic E-state index is 11.7. The van der Waals surface area contributed by atoms with Crippen molar-refractivity contribution in [2.75, 3.05) is 14.2 Å². The first-order chi connectivity index (χ1) is 14.8. The van der Waals surface area contributed by atoms with Crippen LogP contribution in [-0.2, 0) is 9.59 Å². The van der Waals surface area contributed by atoms with Crippen LogP contribution in [0.25, 0.3) is 0 Å². The molecule has 8 heteroatoms. The smallest absolute Gasteiger partial charge is 0.308 e. The summed E-state index contributed by atoms with van der Waals surface area (Å²) in [5.41, 5.74) is 1.99. The number of ether oxygens (including phenoxy) is 5. The van der Waals surface area contributed by atoms with Crippen LogP contribution in [0, 0.1) is 0 Å². The van der Waals surface area contributed by atoms with Crippen LogP contribution in [-0.4, -0.2) is 32.4 Å². The number of esters is 2. The van der Waals surface area contributed by atoms with E-state index in [1.165, 1.54) is 28.1 Å². The van der Waals surface area contributed by atoms with E-state index in [9.17, 15) is 14.4 Å². The van der Waals surface area contributed by atoms with Crippen molar-refractivity contribution in [2.24, 2.45) is 0 Å². The fraction of sp³-hybridized carbons (Fsp3) is 0.348. The Hall–Kier alpha value is -3.55. The van der Waals surface area contributed by atoms with E-state index in [2.05, 4.69) is 0 Å². The zero-order chi connectivity index (χ0) is 22.7. The molecule has 1 aliphatic rings. The predicted octanol–water partition coefficient (Wildman–Crippen LogP) is 3.99. The predicted molar refractivity (Wildman–Crippen MR) is 110 cm³/mol. The molecule has 1 aliphatic heterocycles. The Labute approximate surface area is 180 Å². The summed E-state index contributed by atoms with van der Waals surface area (Å²) in [6.45, 7) is 4.50. The molecule has 2 atom stereocenters. The molecule has 0 bridgehead atoms. The molecule has 164 valence electrons. The van der Waals surface area contributed by atoms with Gasteiger partial charge in [-0.3, -0.25) is 14.4 Å². The fourth-order valence-corrected chi connectivity index (χ4v) is 3.76. The summed E-state index contributed by atoms with van der Waals surface area (Å²) in [7, 11) is 2.93. The number of hydrogen-bond donors (Lipinski definition) is 0. The lowest BCUT2D eigenvalue weighted by Crippen LogP contribution is -2.13. The number of methoxy groups -OCH3 is 2. The normalized spacial score (nSPS) is 16.7. The van der Waals surface area contributed by atoms with Crippen LogP contribution in [0.3, 0.4) is 0 Å². The van der Waals surface area contributed by atoms with Gasteiger partial charge < -0.3 is 23.7 Å². The van der Waals surface area contributed by atoms with Gasteiger partial charge in [-0.05, 0) is 30.7 Å². The van der Waals surface area contributed by atoms with Crippen LogP contribution >= 0.6 is 0 Å². The number of carbonyl (C=O) groups excluding carboxylic acids is 3. The lowest BCUT2D eigenvalue weighted by Gasteiger charge is -2.21. The van der Waals surface area contributed by atoms with Gasteiger partial charge in [0.1, 0.15) is 12.4 Å². The Morgan fingerprint density at radius 1 is 0.968 bits per heavy atom. The minimum absolute atomic E-state index is 0.0123. The topological polar surface area (TPSA) is 97.4 Å². The maximum absolute atomic E-state index is 11.7. The summed E-state index contributed by atoms with van der Waals surface area (Å²) in [4.78, 5) is 34.6. The molecule has 3 rings (SSSR count). The van der Waals surface area contributed by atoms with E-state index < -0.39 is 18.0 Å². The molecule has 8 nitrogen and oxygen atoms in total. The highest BCUT2D eigenvalue weighted by Gasteiger charge is 2.38. The Morgan fingerprint density at radius 3 is 2.16 bits per heavy atom. The van der Waals surface area contributed by atoms with E-state index >= 15 is 0 Å². The van der Waals surface area contributed by atoms with Gasteiger partial charge in [0.05, 0.1) is 14.2 Å². The van der Waals surface area contributed by atoms with Gasteiger partial charge in [-0.15, -0.1) is 0 Å². The van der Waals surface area contributed by atoms with Gasteiger partial charge in [-0.2, -0.15) is 0 Å². The highest BCUT2D eigenvalue weighted by Crippen LogP contribution is 2.53. The second-order valence-corrected chi connectivity index (χ2v) is 7.05. The third-order valence-electron chi connectivity index (χ3n) is 5.00. The first kappa shape index (κ1) is 22.1. The standard InChI is InChI=1S/C23H24O8/c1-6-16-17-7-14(11-24)8-18(27-4)22(17)31-21(16)15-9-19(28-5)23(30-13(3)26)20(10-15)29-12(2)25/h7-11,16,21H,6H2,1-5H3/t16-,21+/m0/s1. The molecule has 31 heavy (non-hydrogen) atoms. The van der Waals surface area contributed by atoms with Crippen LogP contribution in [0.4, 0.5) is 0 Å². The van der Waals surface area contributed by atoms with E-state index in [0.29, 0.717) is 29.0 Å². The van der Waals surface area contributed by atoms with Crippen LogP contribution in [0.5, 0.6) is 28.7 Å². The molecule has 0 fully saturated rings. The van der Waals surface area contributed by atoms with Crippen molar-refractivity contribution in [1.29, 1.82) is 0 Å². The molecule has 0 aliphatic carbocycles. The largest absolute Gasteiger partial charge is 0.493 e. The van der Waals surface area contributed by atoms with Crippen molar-refractivity contribution >= 4 is 18.2 Å². The van der Waals surface area contributed by atoms with Gasteiger partial charge in [-0.25, -0.2) is 0 Å². The molecule has 1 heterocycles. The zero-order valence-corrected chi connectivity index (χ0v) is 18.0. The van der Waals surface area contributed by atoms with Crippen LogP contribution in [0.15, 0.2) is 24.3 Å². The Kier molecular flexibility index (Phi) is 6.48. The number of hydrogen-bond acceptors (Lipinski definition) is 8. The zero-order valence-electron chi connectivity index (χ0n) is 18.0. The minimum atomic E-state index is -0.582. The first-order valence-corrected chi connectivity index (χ1v) is 9.75. The average Bonchev–Trinajstić information content (AvgIpc) is 3.11. The van der Waals surface area contributed by atoms with Crippen molar-refractivity contribution in [3.8, 4) is 28.7 Å². The summed E-state index contributed by atoms with van der Waals surface area (Å²) < 4.78 is 27.6. The van der Waals surface area contributed by atoms with Gasteiger partial charge >= 0.3 is 11.9 Å². The van der Waals surface area contributed by atoms with E-state index in [4.69, 9.17) is 23.7 Å². The third-order valence-corrected chi connectivity index (χ3v) is 5.00. The van der Waals surface area contributed by atoms with Crippen molar-refractivity contribution in [3.63, 3.8) is 0 Å². The molecule has 0 spiro atoms. The van der Waals surface area contributed by atoms with Crippen molar-refractivity contribution in [3.05, 3.63) is 41.0 Å². The maximum Gasteiger partial charge on any atom is 0.308 e. The third kappa shape index (κ3) is 4.33. The molecule has 2 aromatic carbocycles. The number of fused-ring (bicyclic) bond motifs is 1. The van der Waals surface area contributed by atoms with Crippen molar-refractivity contribution in [1.82, 2.24) is 0 Å². The molecular formula is C23H24O8. The number of benzene rings is 2. The average molecular weight is 428 g/mol. The second-order valence-electron chi connectivity index (χ2n) is 7.05. The lowest BCUT2D eigenvalue weighted by molar-refractivity contribution is -0.134. The SMILES string of the molecule is CC[C@H]1c2cc(C=O)cc(OC)c2O[C@@H]1c1cc(OC)c(OC(C)=O)c(OC(C)=O)c1. The summed E-state index contributed by atoms with van der Waals surface area (Å²) in [6.07, 6.45) is 1.00. The Balaban J connectivity index is 2.14. The molecular weight excluding hydrogens is 404 g/mol. The molecule has 0 amide bonds. The van der Waals surface area contributed by atoms with Crippen LogP contribution < -0.4 is 23.7 Å². The summed E-state index contributed by atoms with van der Waals surface area (Å²) in [6, 6.07) is 6.68. The van der Waals surface area contributed by atoms with Crippen molar-refractivity contribution < 1.29 is 38.1 Å². The first-order valence-electron chi connectivity index (χ1n) is 9.75. The van der Waals surface area contributed by atoms with Crippen molar-refractivity contribution in [2.45, 2.75) is 39.2 Å². The molecule has 0 saturated carbocycles. The monoisotopic (exact) mass is 428 g/mol. The van der Waals surface area contributed by atoms with Gasteiger partial charge in [0.15, 0.2) is 23.0 Å². The van der Waals surface area contributed by atoms with E-state index in [-0.39, 0.29) is 23.2 Å². The summed E-state index contributed by atoms with van der Waals surface area (Å²) in [5.74, 6) is 0.0443. The van der Waals surface area contributed by atoms with Crippen LogP contribution in [0.2, 0.25) is 0 Å². The Bertz CT molecular complexity index is 1030.